The Kier molecular flexibility index (Phi) is 2.00. The van der Waals surface area contributed by atoms with Gasteiger partial charge in [-0.3, -0.25) is 0 Å². The van der Waals surface area contributed by atoms with Crippen molar-refractivity contribution in [3.8, 4) is 0 Å². The number of nitrogens with zero attached hydrogens (tertiary/aromatic N) is 3. The van der Waals surface area contributed by atoms with Crippen molar-refractivity contribution in [3.63, 3.8) is 0 Å². The van der Waals surface area contributed by atoms with Crippen LogP contribution >= 0.6 is 0 Å². The third-order valence-electron chi connectivity index (χ3n) is 4.95. The summed E-state index contributed by atoms with van der Waals surface area (Å²) in [5.41, 5.74) is 5.71. The lowest BCUT2D eigenvalue weighted by Gasteiger charge is -2.35. The zero-order valence-corrected chi connectivity index (χ0v) is 9.97. The molecule has 1 aromatic rings. The highest BCUT2D eigenvalue weighted by molar-refractivity contribution is 5.17. The van der Waals surface area contributed by atoms with Crippen molar-refractivity contribution in [1.29, 1.82) is 0 Å². The van der Waals surface area contributed by atoms with E-state index in [1.807, 2.05) is 0 Å². The van der Waals surface area contributed by atoms with Crippen LogP contribution < -0.4 is 11.1 Å². The molecule has 17 heavy (non-hydrogen) atoms. The molecule has 3 aliphatic rings. The van der Waals surface area contributed by atoms with Crippen LogP contribution in [0.1, 0.15) is 31.1 Å². The smallest absolute Gasteiger partial charge is 0.239 e. The van der Waals surface area contributed by atoms with Gasteiger partial charge >= 0.3 is 0 Å². The topological polar surface area (TPSA) is 68.8 Å². The van der Waals surface area contributed by atoms with Crippen LogP contribution in [0.3, 0.4) is 0 Å². The van der Waals surface area contributed by atoms with E-state index in [-0.39, 0.29) is 0 Å². The second-order valence-electron chi connectivity index (χ2n) is 5.77. The molecule has 3 N–H and O–H groups in total. The van der Waals surface area contributed by atoms with Gasteiger partial charge in [0.15, 0.2) is 0 Å². The Morgan fingerprint density at radius 3 is 2.71 bits per heavy atom. The minimum Gasteiger partial charge on any atom is -0.366 e. The first-order valence-corrected chi connectivity index (χ1v) is 6.74. The van der Waals surface area contributed by atoms with Gasteiger partial charge in [0.1, 0.15) is 5.82 Å². The fraction of sp³-hybridized carbons (Fsp3) is 0.833. The molecule has 5 nitrogen and oxygen atoms in total. The third-order valence-corrected chi connectivity index (χ3v) is 4.95. The van der Waals surface area contributed by atoms with Gasteiger partial charge in [-0.25, -0.2) is 4.68 Å². The highest BCUT2D eigenvalue weighted by atomic mass is 15.4. The molecular formula is C12H19N5. The van der Waals surface area contributed by atoms with Crippen LogP contribution in [-0.4, -0.2) is 27.9 Å². The van der Waals surface area contributed by atoms with Crippen molar-refractivity contribution < 1.29 is 0 Å². The van der Waals surface area contributed by atoms with E-state index in [9.17, 15) is 0 Å². The summed E-state index contributed by atoms with van der Waals surface area (Å²) < 4.78 is 2.14. The molecule has 2 fully saturated rings. The van der Waals surface area contributed by atoms with Gasteiger partial charge < -0.3 is 11.1 Å². The first-order chi connectivity index (χ1) is 8.33. The van der Waals surface area contributed by atoms with Crippen LogP contribution in [0, 0.1) is 17.8 Å². The van der Waals surface area contributed by atoms with Crippen molar-refractivity contribution in [2.45, 2.75) is 31.7 Å². The maximum atomic E-state index is 5.71. The zero-order valence-electron chi connectivity index (χ0n) is 9.97. The molecule has 0 radical (unpaired) electrons. The summed E-state index contributed by atoms with van der Waals surface area (Å²) in [6, 6.07) is 0.564. The Hall–Kier alpha value is -1.10. The van der Waals surface area contributed by atoms with E-state index in [0.29, 0.717) is 12.0 Å². The van der Waals surface area contributed by atoms with Crippen LogP contribution in [0.25, 0.3) is 0 Å². The van der Waals surface area contributed by atoms with Crippen LogP contribution in [0.15, 0.2) is 0 Å². The Labute approximate surface area is 101 Å². The number of aromatic nitrogens is 3. The molecule has 0 aromatic carbocycles. The minimum atomic E-state index is 0.450. The maximum Gasteiger partial charge on any atom is 0.239 e. The molecule has 4 rings (SSSR count). The number of hydrogen-bond donors (Lipinski definition) is 2. The van der Waals surface area contributed by atoms with E-state index < -0.39 is 0 Å². The Morgan fingerprint density at radius 2 is 1.94 bits per heavy atom. The highest BCUT2D eigenvalue weighted by Gasteiger charge is 2.46. The van der Waals surface area contributed by atoms with Gasteiger partial charge in [-0.05, 0) is 50.1 Å². The number of anilines is 1. The first-order valence-electron chi connectivity index (χ1n) is 6.74. The van der Waals surface area contributed by atoms with Crippen LogP contribution in [0.4, 0.5) is 5.95 Å². The van der Waals surface area contributed by atoms with E-state index in [2.05, 4.69) is 20.1 Å². The van der Waals surface area contributed by atoms with Crippen molar-refractivity contribution >= 4 is 5.95 Å². The molecule has 0 amide bonds. The molecule has 92 valence electrons. The average Bonchev–Trinajstić information content (AvgIpc) is 2.90. The number of nitrogen functional groups attached to an aromatic ring is 1. The summed E-state index contributed by atoms with van der Waals surface area (Å²) in [4.78, 5) is 4.32. The quantitative estimate of drug-likeness (QED) is 0.745. The van der Waals surface area contributed by atoms with Crippen LogP contribution in [0.5, 0.6) is 0 Å². The molecule has 3 atom stereocenters. The van der Waals surface area contributed by atoms with Gasteiger partial charge in [0, 0.05) is 6.42 Å². The summed E-state index contributed by atoms with van der Waals surface area (Å²) in [6.45, 7) is 2.38. The normalized spacial score (nSPS) is 39.5. The van der Waals surface area contributed by atoms with E-state index in [4.69, 9.17) is 5.73 Å². The van der Waals surface area contributed by atoms with Gasteiger partial charge in [-0.1, -0.05) is 0 Å². The Bertz CT molecular complexity index is 424. The molecule has 5 heteroatoms. The summed E-state index contributed by atoms with van der Waals surface area (Å²) >= 11 is 0. The molecule has 3 heterocycles. The molecule has 1 saturated heterocycles. The summed E-state index contributed by atoms with van der Waals surface area (Å²) in [5, 5.41) is 7.97. The second kappa shape index (κ2) is 3.45. The zero-order chi connectivity index (χ0) is 11.4. The van der Waals surface area contributed by atoms with Crippen molar-refractivity contribution in [2.24, 2.45) is 17.8 Å². The van der Waals surface area contributed by atoms with Gasteiger partial charge in [0.05, 0.1) is 6.04 Å². The lowest BCUT2D eigenvalue weighted by Crippen LogP contribution is -2.41. The fourth-order valence-electron chi connectivity index (χ4n) is 4.32. The van der Waals surface area contributed by atoms with E-state index in [1.54, 1.807) is 0 Å². The second-order valence-corrected chi connectivity index (χ2v) is 5.77. The van der Waals surface area contributed by atoms with Gasteiger partial charge in [-0.15, -0.1) is 5.10 Å². The predicted octanol–water partition coefficient (Wildman–Crippen LogP) is 0.593. The maximum absolute atomic E-state index is 5.71. The summed E-state index contributed by atoms with van der Waals surface area (Å²) in [7, 11) is 0. The first kappa shape index (κ1) is 9.88. The van der Waals surface area contributed by atoms with Crippen molar-refractivity contribution in [2.75, 3.05) is 18.8 Å². The van der Waals surface area contributed by atoms with E-state index >= 15 is 0 Å². The molecule has 1 aliphatic carbocycles. The lowest BCUT2D eigenvalue weighted by molar-refractivity contribution is 0.163. The van der Waals surface area contributed by atoms with E-state index in [0.717, 1.165) is 30.0 Å². The largest absolute Gasteiger partial charge is 0.366 e. The Morgan fingerprint density at radius 1 is 1.18 bits per heavy atom. The van der Waals surface area contributed by atoms with Gasteiger partial charge in [-0.2, -0.15) is 4.98 Å². The van der Waals surface area contributed by atoms with Crippen LogP contribution in [0.2, 0.25) is 0 Å². The highest BCUT2D eigenvalue weighted by Crippen LogP contribution is 2.48. The number of piperidine rings is 1. The SMILES string of the molecule is Nc1nc2n(n1)C(C1C3CCC1CNC3)CC2. The summed E-state index contributed by atoms with van der Waals surface area (Å²) in [6.07, 6.45) is 5.04. The lowest BCUT2D eigenvalue weighted by atomic mass is 9.80. The molecule has 0 spiro atoms. The molecule has 1 saturated carbocycles. The number of rotatable bonds is 1. The predicted molar refractivity (Wildman–Crippen MR) is 64.4 cm³/mol. The average molecular weight is 233 g/mol. The number of fused-ring (bicyclic) bond motifs is 3. The number of aryl methyl sites for hydroxylation is 1. The van der Waals surface area contributed by atoms with E-state index in [1.165, 1.54) is 32.4 Å². The van der Waals surface area contributed by atoms with Gasteiger partial charge in [0.2, 0.25) is 5.95 Å². The van der Waals surface area contributed by atoms with Crippen LogP contribution in [-0.2, 0) is 6.42 Å². The summed E-state index contributed by atoms with van der Waals surface area (Å²) in [5.74, 6) is 4.04. The minimum absolute atomic E-state index is 0.450. The molecule has 2 aliphatic heterocycles. The molecule has 2 bridgehead atoms. The monoisotopic (exact) mass is 233 g/mol. The third kappa shape index (κ3) is 1.35. The fourth-order valence-corrected chi connectivity index (χ4v) is 4.32. The van der Waals surface area contributed by atoms with Crippen molar-refractivity contribution in [1.82, 2.24) is 20.1 Å². The van der Waals surface area contributed by atoms with Crippen molar-refractivity contribution in [3.05, 3.63) is 5.82 Å². The number of nitrogens with one attached hydrogen (secondary N) is 1. The Balaban J connectivity index is 1.68. The van der Waals surface area contributed by atoms with Gasteiger partial charge in [0.25, 0.3) is 0 Å². The number of nitrogens with two attached hydrogens (primary N) is 1. The molecule has 3 unspecified atom stereocenters. The number of hydrogen-bond acceptors (Lipinski definition) is 4. The molecular weight excluding hydrogens is 214 g/mol. The standard InChI is InChI=1S/C12H19N5/c13-12-15-10-4-3-9(17(10)16-12)11-7-1-2-8(11)6-14-5-7/h7-9,11,14H,1-6H2,(H2,13,16). The molecule has 1 aromatic heterocycles.